The highest BCUT2D eigenvalue weighted by atomic mass is 32.2. The van der Waals surface area contributed by atoms with E-state index in [9.17, 15) is 19.5 Å². The number of carbonyl (C=O) groups excluding carboxylic acids is 3. The number of amides is 3. The van der Waals surface area contributed by atoms with Crippen LogP contribution < -0.4 is 10.6 Å². The Balaban J connectivity index is 1.77. The van der Waals surface area contributed by atoms with Crippen molar-refractivity contribution < 1.29 is 24.2 Å². The topological polar surface area (TPSA) is 108 Å². The minimum absolute atomic E-state index is 0.174. The summed E-state index contributed by atoms with van der Waals surface area (Å²) < 4.78 is 4.32. The summed E-state index contributed by atoms with van der Waals surface area (Å²) >= 11 is 1.45. The molecule has 2 aromatic rings. The van der Waals surface area contributed by atoms with Crippen LogP contribution in [0.5, 0.6) is 0 Å². The van der Waals surface area contributed by atoms with Gasteiger partial charge in [-0.25, -0.2) is 4.79 Å². The molecule has 3 rings (SSSR count). The third kappa shape index (κ3) is 7.28. The number of benzene rings is 2. The standard InChI is InChI=1S/C28H33N3O5S/c1-5-15-36-27(35)30-22(16-20-12-7-6-8-13-20)23(32)26(34)31-18-37-28(3,4)24(31)25(33)29-17-21-14-10-9-11-19(21)2/h1,6-14,22-24,32H,15-18H2,2-4H3,(H,29,33)(H,30,35)/t22-,23-,24-/m0/s1. The van der Waals surface area contributed by atoms with Crippen LogP contribution in [-0.4, -0.2) is 63.3 Å². The lowest BCUT2D eigenvalue weighted by atomic mass is 9.97. The Bertz CT molecular complexity index is 1150. The lowest BCUT2D eigenvalue weighted by Crippen LogP contribution is -2.58. The molecule has 0 unspecified atom stereocenters. The number of nitrogens with zero attached hydrogens (tertiary/aromatic N) is 1. The summed E-state index contributed by atoms with van der Waals surface area (Å²) in [5.41, 5.74) is 2.84. The number of terminal acetylenes is 1. The molecule has 0 bridgehead atoms. The highest BCUT2D eigenvalue weighted by Crippen LogP contribution is 2.40. The molecule has 1 saturated heterocycles. The summed E-state index contributed by atoms with van der Waals surface area (Å²) in [6, 6.07) is 15.1. The van der Waals surface area contributed by atoms with Crippen LogP contribution in [0.1, 0.15) is 30.5 Å². The Kier molecular flexibility index (Phi) is 9.61. The monoisotopic (exact) mass is 523 g/mol. The fourth-order valence-corrected chi connectivity index (χ4v) is 5.39. The zero-order chi connectivity index (χ0) is 27.0. The van der Waals surface area contributed by atoms with Crippen LogP contribution in [0.3, 0.4) is 0 Å². The second-order valence-corrected chi connectivity index (χ2v) is 11.0. The first-order chi connectivity index (χ1) is 17.6. The van der Waals surface area contributed by atoms with Gasteiger partial charge in [0.2, 0.25) is 5.91 Å². The van der Waals surface area contributed by atoms with Crippen molar-refractivity contribution >= 4 is 29.7 Å². The second kappa shape index (κ2) is 12.7. The molecule has 2 aromatic carbocycles. The van der Waals surface area contributed by atoms with E-state index < -0.39 is 34.9 Å². The molecule has 3 atom stereocenters. The van der Waals surface area contributed by atoms with Gasteiger partial charge in [-0.15, -0.1) is 18.2 Å². The van der Waals surface area contributed by atoms with Gasteiger partial charge in [0, 0.05) is 11.3 Å². The van der Waals surface area contributed by atoms with Crippen molar-refractivity contribution in [3.8, 4) is 12.3 Å². The van der Waals surface area contributed by atoms with Gasteiger partial charge >= 0.3 is 6.09 Å². The number of rotatable bonds is 9. The van der Waals surface area contributed by atoms with Crippen LogP contribution in [0.2, 0.25) is 0 Å². The zero-order valence-electron chi connectivity index (χ0n) is 21.3. The normalized spacial score (nSPS) is 17.8. The molecular formula is C28H33N3O5S. The van der Waals surface area contributed by atoms with E-state index in [1.165, 1.54) is 16.7 Å². The van der Waals surface area contributed by atoms with Crippen molar-refractivity contribution in [2.24, 2.45) is 0 Å². The number of thioether (sulfide) groups is 1. The molecule has 9 heteroatoms. The molecule has 0 radical (unpaired) electrons. The molecular weight excluding hydrogens is 490 g/mol. The van der Waals surface area contributed by atoms with Crippen molar-refractivity contribution in [1.82, 2.24) is 15.5 Å². The largest absolute Gasteiger partial charge is 0.436 e. The lowest BCUT2D eigenvalue weighted by Gasteiger charge is -2.33. The van der Waals surface area contributed by atoms with Gasteiger partial charge < -0.3 is 25.4 Å². The molecule has 0 aliphatic carbocycles. The SMILES string of the molecule is C#CCOC(=O)N[C@@H](Cc1ccccc1)[C@H](O)C(=O)N1CSC(C)(C)[C@@H]1C(=O)NCc1ccccc1C. The quantitative estimate of drug-likeness (QED) is 0.436. The summed E-state index contributed by atoms with van der Waals surface area (Å²) in [7, 11) is 0. The molecule has 1 aliphatic heterocycles. The van der Waals surface area contributed by atoms with Crippen LogP contribution in [0.15, 0.2) is 54.6 Å². The predicted molar refractivity (Wildman–Crippen MR) is 143 cm³/mol. The highest BCUT2D eigenvalue weighted by molar-refractivity contribution is 8.00. The van der Waals surface area contributed by atoms with Crippen LogP contribution in [0.4, 0.5) is 4.79 Å². The molecule has 1 fully saturated rings. The van der Waals surface area contributed by atoms with Crippen molar-refractivity contribution in [2.75, 3.05) is 12.5 Å². The fourth-order valence-electron chi connectivity index (χ4n) is 4.25. The van der Waals surface area contributed by atoms with Gasteiger partial charge in [0.25, 0.3) is 5.91 Å². The average molecular weight is 524 g/mol. The minimum Gasteiger partial charge on any atom is -0.436 e. The summed E-state index contributed by atoms with van der Waals surface area (Å²) in [4.78, 5) is 40.5. The number of aliphatic hydroxyl groups is 1. The van der Waals surface area contributed by atoms with E-state index in [1.54, 1.807) is 0 Å². The van der Waals surface area contributed by atoms with E-state index in [0.29, 0.717) is 6.54 Å². The van der Waals surface area contributed by atoms with E-state index in [1.807, 2.05) is 75.4 Å². The van der Waals surface area contributed by atoms with Gasteiger partial charge in [-0.3, -0.25) is 9.59 Å². The Morgan fingerprint density at radius 2 is 1.86 bits per heavy atom. The fraction of sp³-hybridized carbons (Fsp3) is 0.393. The summed E-state index contributed by atoms with van der Waals surface area (Å²) in [6.07, 6.45) is 2.88. The third-order valence-electron chi connectivity index (χ3n) is 6.31. The van der Waals surface area contributed by atoms with Crippen LogP contribution >= 0.6 is 11.8 Å². The number of aryl methyl sites for hydroxylation is 1. The highest BCUT2D eigenvalue weighted by Gasteiger charge is 2.49. The number of hydrogen-bond acceptors (Lipinski definition) is 6. The van der Waals surface area contributed by atoms with Crippen molar-refractivity contribution in [1.29, 1.82) is 0 Å². The van der Waals surface area contributed by atoms with Crippen molar-refractivity contribution in [3.63, 3.8) is 0 Å². The van der Waals surface area contributed by atoms with Gasteiger partial charge in [0.1, 0.15) is 6.04 Å². The maximum atomic E-state index is 13.6. The van der Waals surface area contributed by atoms with Crippen LogP contribution in [-0.2, 0) is 27.3 Å². The number of carbonyl (C=O) groups is 3. The number of alkyl carbamates (subject to hydrolysis) is 1. The summed E-state index contributed by atoms with van der Waals surface area (Å²) in [5.74, 6) is 1.48. The number of hydrogen-bond donors (Lipinski definition) is 3. The number of ether oxygens (including phenoxy) is 1. The summed E-state index contributed by atoms with van der Waals surface area (Å²) in [6.45, 7) is 5.84. The Morgan fingerprint density at radius 3 is 2.54 bits per heavy atom. The zero-order valence-corrected chi connectivity index (χ0v) is 22.1. The predicted octanol–water partition coefficient (Wildman–Crippen LogP) is 2.62. The average Bonchev–Trinajstić information content (AvgIpc) is 3.21. The Morgan fingerprint density at radius 1 is 1.19 bits per heavy atom. The molecule has 0 spiro atoms. The molecule has 0 aromatic heterocycles. The van der Waals surface area contributed by atoms with Gasteiger partial charge in [-0.05, 0) is 43.9 Å². The third-order valence-corrected chi connectivity index (χ3v) is 7.69. The minimum atomic E-state index is -1.61. The van der Waals surface area contributed by atoms with Gasteiger partial charge in [-0.2, -0.15) is 0 Å². The second-order valence-electron chi connectivity index (χ2n) is 9.40. The smallest absolute Gasteiger partial charge is 0.408 e. The van der Waals surface area contributed by atoms with Crippen molar-refractivity contribution in [3.05, 3.63) is 71.3 Å². The maximum absolute atomic E-state index is 13.6. The van der Waals surface area contributed by atoms with E-state index in [2.05, 4.69) is 16.6 Å². The summed E-state index contributed by atoms with van der Waals surface area (Å²) in [5, 5.41) is 16.7. The molecule has 8 nitrogen and oxygen atoms in total. The maximum Gasteiger partial charge on any atom is 0.408 e. The van der Waals surface area contributed by atoms with E-state index in [-0.39, 0.29) is 24.8 Å². The molecule has 196 valence electrons. The van der Waals surface area contributed by atoms with Gasteiger partial charge in [0.15, 0.2) is 12.7 Å². The van der Waals surface area contributed by atoms with Crippen molar-refractivity contribution in [2.45, 2.75) is 56.7 Å². The van der Waals surface area contributed by atoms with Gasteiger partial charge in [0.05, 0.1) is 11.9 Å². The van der Waals surface area contributed by atoms with Gasteiger partial charge in [-0.1, -0.05) is 60.5 Å². The van der Waals surface area contributed by atoms with E-state index >= 15 is 0 Å². The molecule has 3 N–H and O–H groups in total. The Hall–Kier alpha value is -3.48. The number of aliphatic hydroxyl groups excluding tert-OH is 1. The first-order valence-corrected chi connectivity index (χ1v) is 13.0. The van der Waals surface area contributed by atoms with Crippen LogP contribution in [0, 0.1) is 19.3 Å². The molecule has 3 amide bonds. The molecule has 1 heterocycles. The van der Waals surface area contributed by atoms with E-state index in [0.717, 1.165) is 16.7 Å². The Labute approximate surface area is 222 Å². The molecule has 1 aliphatic rings. The first-order valence-electron chi connectivity index (χ1n) is 12.0. The first kappa shape index (κ1) is 28.1. The number of nitrogens with one attached hydrogen (secondary N) is 2. The molecule has 37 heavy (non-hydrogen) atoms. The van der Waals surface area contributed by atoms with Crippen LogP contribution in [0.25, 0.3) is 0 Å². The molecule has 0 saturated carbocycles. The lowest BCUT2D eigenvalue weighted by molar-refractivity contribution is -0.147. The van der Waals surface area contributed by atoms with E-state index in [4.69, 9.17) is 11.2 Å².